The van der Waals surface area contributed by atoms with Gasteiger partial charge >= 0.3 is 0 Å². The van der Waals surface area contributed by atoms with Crippen LogP contribution in [0, 0.1) is 6.92 Å². The molecule has 0 radical (unpaired) electrons. The lowest BCUT2D eigenvalue weighted by Crippen LogP contribution is -2.20. The first-order valence-electron chi connectivity index (χ1n) is 6.40. The summed E-state index contributed by atoms with van der Waals surface area (Å²) >= 11 is 0. The van der Waals surface area contributed by atoms with Crippen molar-refractivity contribution in [2.45, 2.75) is 6.92 Å². The Morgan fingerprint density at radius 2 is 2.18 bits per heavy atom. The van der Waals surface area contributed by atoms with Gasteiger partial charge in [-0.15, -0.1) is 5.10 Å². The minimum Gasteiger partial charge on any atom is -0.484 e. The summed E-state index contributed by atoms with van der Waals surface area (Å²) in [5.41, 5.74) is 0.792. The summed E-state index contributed by atoms with van der Waals surface area (Å²) in [6.07, 6.45) is 1.49. The van der Waals surface area contributed by atoms with Crippen molar-refractivity contribution < 1.29 is 14.1 Å². The average Bonchev–Trinajstić information content (AvgIpc) is 3.18. The summed E-state index contributed by atoms with van der Waals surface area (Å²) in [5.74, 6) is 1.22. The van der Waals surface area contributed by atoms with E-state index in [0.29, 0.717) is 17.3 Å². The Hall–Kier alpha value is -3.23. The number of nitrogens with one attached hydrogen (secondary N) is 1. The quantitative estimate of drug-likeness (QED) is 0.748. The van der Waals surface area contributed by atoms with E-state index >= 15 is 0 Å². The highest BCUT2D eigenvalue weighted by Gasteiger charge is 2.07. The van der Waals surface area contributed by atoms with E-state index in [9.17, 15) is 4.79 Å². The van der Waals surface area contributed by atoms with E-state index < -0.39 is 0 Å². The molecule has 1 amide bonds. The molecule has 3 rings (SSSR count). The molecule has 0 atom stereocenters. The van der Waals surface area contributed by atoms with Gasteiger partial charge < -0.3 is 14.6 Å². The fourth-order valence-corrected chi connectivity index (χ4v) is 1.73. The first-order chi connectivity index (χ1) is 10.7. The van der Waals surface area contributed by atoms with E-state index in [2.05, 4.69) is 26.0 Å². The summed E-state index contributed by atoms with van der Waals surface area (Å²) in [5, 5.41) is 17.1. The van der Waals surface area contributed by atoms with E-state index in [4.69, 9.17) is 9.26 Å². The van der Waals surface area contributed by atoms with Crippen LogP contribution in [-0.4, -0.2) is 37.9 Å². The molecule has 22 heavy (non-hydrogen) atoms. The number of tetrazole rings is 1. The molecule has 0 saturated heterocycles. The van der Waals surface area contributed by atoms with Gasteiger partial charge in [-0.05, 0) is 41.6 Å². The van der Waals surface area contributed by atoms with Crippen LogP contribution in [0.3, 0.4) is 0 Å². The molecule has 2 aromatic heterocycles. The van der Waals surface area contributed by atoms with Gasteiger partial charge in [0.15, 0.2) is 12.4 Å². The minimum atomic E-state index is -0.321. The number of carbonyl (C=O) groups is 1. The molecule has 0 spiro atoms. The number of benzene rings is 1. The summed E-state index contributed by atoms with van der Waals surface area (Å²) in [7, 11) is 0. The smallest absolute Gasteiger partial charge is 0.263 e. The zero-order valence-electron chi connectivity index (χ0n) is 11.6. The summed E-state index contributed by atoms with van der Waals surface area (Å²) in [6, 6.07) is 8.64. The maximum atomic E-state index is 11.7. The first-order valence-corrected chi connectivity index (χ1v) is 6.40. The Morgan fingerprint density at radius 3 is 2.82 bits per heavy atom. The zero-order chi connectivity index (χ0) is 15.4. The van der Waals surface area contributed by atoms with Gasteiger partial charge in [0.05, 0.1) is 5.69 Å². The number of rotatable bonds is 5. The SMILES string of the molecule is Cc1cc(NC(=O)COc2ccc(-n3cnnn3)cc2)no1. The molecule has 1 aromatic carbocycles. The Balaban J connectivity index is 1.54. The lowest BCUT2D eigenvalue weighted by atomic mass is 10.3. The van der Waals surface area contributed by atoms with Crippen molar-refractivity contribution in [3.05, 3.63) is 42.4 Å². The number of anilines is 1. The molecule has 1 N–H and O–H groups in total. The lowest BCUT2D eigenvalue weighted by molar-refractivity contribution is -0.118. The molecule has 112 valence electrons. The number of hydrogen-bond acceptors (Lipinski definition) is 7. The van der Waals surface area contributed by atoms with Crippen molar-refractivity contribution in [3.8, 4) is 11.4 Å². The number of carbonyl (C=O) groups excluding carboxylic acids is 1. The van der Waals surface area contributed by atoms with Gasteiger partial charge in [-0.25, -0.2) is 4.68 Å². The third kappa shape index (κ3) is 3.26. The van der Waals surface area contributed by atoms with E-state index in [1.165, 1.54) is 11.0 Å². The van der Waals surface area contributed by atoms with Crippen LogP contribution >= 0.6 is 0 Å². The second-order valence-electron chi connectivity index (χ2n) is 4.41. The van der Waals surface area contributed by atoms with Gasteiger partial charge in [0.1, 0.15) is 17.8 Å². The first kappa shape index (κ1) is 13.7. The molecule has 9 heteroatoms. The largest absolute Gasteiger partial charge is 0.484 e. The van der Waals surface area contributed by atoms with E-state index in [1.54, 1.807) is 37.3 Å². The van der Waals surface area contributed by atoms with Crippen LogP contribution in [0.2, 0.25) is 0 Å². The molecule has 0 bridgehead atoms. The molecule has 0 aliphatic rings. The van der Waals surface area contributed by atoms with Crippen molar-refractivity contribution >= 4 is 11.7 Å². The van der Waals surface area contributed by atoms with Crippen LogP contribution in [0.25, 0.3) is 5.69 Å². The fraction of sp³-hybridized carbons (Fsp3) is 0.154. The maximum Gasteiger partial charge on any atom is 0.263 e. The lowest BCUT2D eigenvalue weighted by Gasteiger charge is -2.06. The van der Waals surface area contributed by atoms with Crippen LogP contribution < -0.4 is 10.1 Å². The van der Waals surface area contributed by atoms with Crippen molar-refractivity contribution in [2.75, 3.05) is 11.9 Å². The van der Waals surface area contributed by atoms with Gasteiger partial charge in [-0.2, -0.15) is 0 Å². The Bertz CT molecular complexity index is 750. The third-order valence-corrected chi connectivity index (χ3v) is 2.72. The Kier molecular flexibility index (Phi) is 3.77. The number of hydrogen-bond donors (Lipinski definition) is 1. The molecule has 0 fully saturated rings. The van der Waals surface area contributed by atoms with Gasteiger partial charge in [-0.1, -0.05) is 5.16 Å². The van der Waals surface area contributed by atoms with Crippen molar-refractivity contribution in [1.29, 1.82) is 0 Å². The maximum absolute atomic E-state index is 11.7. The second-order valence-corrected chi connectivity index (χ2v) is 4.41. The zero-order valence-corrected chi connectivity index (χ0v) is 11.6. The molecule has 2 heterocycles. The van der Waals surface area contributed by atoms with Crippen LogP contribution in [0.15, 0.2) is 41.2 Å². The van der Waals surface area contributed by atoms with Gasteiger partial charge in [0, 0.05) is 6.07 Å². The molecule has 3 aromatic rings. The molecule has 0 aliphatic carbocycles. The van der Waals surface area contributed by atoms with Gasteiger partial charge in [0.25, 0.3) is 5.91 Å². The van der Waals surface area contributed by atoms with Gasteiger partial charge in [-0.3, -0.25) is 4.79 Å². The molecular weight excluding hydrogens is 288 g/mol. The Morgan fingerprint density at radius 1 is 1.36 bits per heavy atom. The highest BCUT2D eigenvalue weighted by atomic mass is 16.5. The standard InChI is InChI=1S/C13H12N6O3/c1-9-6-12(16-22-9)15-13(20)7-21-11-4-2-10(3-5-11)19-8-14-17-18-19/h2-6,8H,7H2,1H3,(H,15,16,20). The number of aryl methyl sites for hydroxylation is 1. The summed E-state index contributed by atoms with van der Waals surface area (Å²) in [4.78, 5) is 11.7. The predicted molar refractivity (Wildman–Crippen MR) is 74.5 cm³/mol. The highest BCUT2D eigenvalue weighted by molar-refractivity contribution is 5.90. The van der Waals surface area contributed by atoms with E-state index in [-0.39, 0.29) is 12.5 Å². The third-order valence-electron chi connectivity index (χ3n) is 2.72. The average molecular weight is 300 g/mol. The second kappa shape index (κ2) is 6.04. The fourth-order valence-electron chi connectivity index (χ4n) is 1.73. The number of amides is 1. The number of ether oxygens (including phenoxy) is 1. The topological polar surface area (TPSA) is 108 Å². The summed E-state index contributed by atoms with van der Waals surface area (Å²) in [6.45, 7) is 1.61. The van der Waals surface area contributed by atoms with Crippen LogP contribution in [0.1, 0.15) is 5.76 Å². The molecular formula is C13H12N6O3. The van der Waals surface area contributed by atoms with Gasteiger partial charge in [0.2, 0.25) is 0 Å². The Labute approximate surface area is 124 Å². The normalized spacial score (nSPS) is 10.4. The molecule has 9 nitrogen and oxygen atoms in total. The van der Waals surface area contributed by atoms with Crippen molar-refractivity contribution in [1.82, 2.24) is 25.4 Å². The van der Waals surface area contributed by atoms with Crippen LogP contribution in [0.4, 0.5) is 5.82 Å². The monoisotopic (exact) mass is 300 g/mol. The molecule has 0 unspecified atom stereocenters. The highest BCUT2D eigenvalue weighted by Crippen LogP contribution is 2.14. The van der Waals surface area contributed by atoms with Crippen LogP contribution in [-0.2, 0) is 4.79 Å². The number of aromatic nitrogens is 5. The van der Waals surface area contributed by atoms with Crippen LogP contribution in [0.5, 0.6) is 5.75 Å². The predicted octanol–water partition coefficient (Wildman–Crippen LogP) is 0.976. The number of nitrogens with zero attached hydrogens (tertiary/aromatic N) is 5. The minimum absolute atomic E-state index is 0.129. The van der Waals surface area contributed by atoms with E-state index in [0.717, 1.165) is 5.69 Å². The van der Waals surface area contributed by atoms with Crippen molar-refractivity contribution in [3.63, 3.8) is 0 Å². The molecule has 0 aliphatic heterocycles. The molecule has 0 saturated carbocycles. The summed E-state index contributed by atoms with van der Waals surface area (Å²) < 4.78 is 11.8. The van der Waals surface area contributed by atoms with Crippen molar-refractivity contribution in [2.24, 2.45) is 0 Å². The van der Waals surface area contributed by atoms with E-state index in [1.807, 2.05) is 0 Å².